The van der Waals surface area contributed by atoms with Crippen LogP contribution >= 0.6 is 0 Å². The third-order valence-electron chi connectivity index (χ3n) is 2.69. The van der Waals surface area contributed by atoms with Gasteiger partial charge in [-0.3, -0.25) is 9.59 Å². The van der Waals surface area contributed by atoms with Crippen LogP contribution in [-0.2, 0) is 9.59 Å². The lowest BCUT2D eigenvalue weighted by atomic mass is 9.93. The molecule has 0 aromatic carbocycles. The number of likely N-dealkylation sites (tertiary alicyclic amines) is 1. The maximum atomic E-state index is 11.2. The Labute approximate surface area is 78.1 Å². The Hall–Kier alpha value is -1.06. The van der Waals surface area contributed by atoms with Crippen LogP contribution in [0.15, 0.2) is 0 Å². The lowest BCUT2D eigenvalue weighted by Crippen LogP contribution is -2.47. The van der Waals surface area contributed by atoms with Crippen LogP contribution in [0, 0.1) is 5.92 Å². The molecule has 2 atom stereocenters. The minimum absolute atomic E-state index is 0.0263. The van der Waals surface area contributed by atoms with Crippen LogP contribution in [0.4, 0.5) is 0 Å². The van der Waals surface area contributed by atoms with Gasteiger partial charge >= 0.3 is 0 Å². The molecule has 0 bridgehead atoms. The number of hydrogen-bond donors (Lipinski definition) is 1. The lowest BCUT2D eigenvalue weighted by Gasteiger charge is -2.36. The Morgan fingerprint density at radius 1 is 1.38 bits per heavy atom. The van der Waals surface area contributed by atoms with Gasteiger partial charge in [-0.1, -0.05) is 0 Å². The van der Waals surface area contributed by atoms with E-state index in [1.165, 1.54) is 6.92 Å². The van der Waals surface area contributed by atoms with Crippen molar-refractivity contribution in [1.29, 1.82) is 0 Å². The summed E-state index contributed by atoms with van der Waals surface area (Å²) < 4.78 is 0. The number of hydrogen-bond acceptors (Lipinski definition) is 2. The molecule has 2 amide bonds. The molecule has 0 aromatic rings. The molecular formula is C9H16N2O2. The van der Waals surface area contributed by atoms with Crippen LogP contribution in [0.5, 0.6) is 0 Å². The van der Waals surface area contributed by atoms with E-state index in [1.54, 1.807) is 4.90 Å². The summed E-state index contributed by atoms with van der Waals surface area (Å²) in [6.45, 7) is 4.02. The van der Waals surface area contributed by atoms with Crippen molar-refractivity contribution < 1.29 is 9.59 Å². The van der Waals surface area contributed by atoms with E-state index in [0.29, 0.717) is 6.54 Å². The normalized spacial score (nSPS) is 28.6. The fourth-order valence-electron chi connectivity index (χ4n) is 1.78. The second kappa shape index (κ2) is 3.77. The maximum Gasteiger partial charge on any atom is 0.222 e. The molecular weight excluding hydrogens is 168 g/mol. The highest BCUT2D eigenvalue weighted by molar-refractivity contribution is 5.79. The van der Waals surface area contributed by atoms with E-state index < -0.39 is 0 Å². The summed E-state index contributed by atoms with van der Waals surface area (Å²) >= 11 is 0. The molecule has 4 heteroatoms. The molecule has 1 rings (SSSR count). The van der Waals surface area contributed by atoms with Gasteiger partial charge in [-0.05, 0) is 19.8 Å². The molecule has 0 radical (unpaired) electrons. The smallest absolute Gasteiger partial charge is 0.222 e. The number of carbonyl (C=O) groups excluding carboxylic acids is 2. The molecule has 1 aliphatic heterocycles. The van der Waals surface area contributed by atoms with Gasteiger partial charge in [0.05, 0.1) is 5.92 Å². The zero-order valence-electron chi connectivity index (χ0n) is 8.12. The highest BCUT2D eigenvalue weighted by atomic mass is 16.2. The van der Waals surface area contributed by atoms with E-state index in [9.17, 15) is 9.59 Å². The summed E-state index contributed by atoms with van der Waals surface area (Å²) in [6, 6.07) is 0.244. The van der Waals surface area contributed by atoms with Crippen molar-refractivity contribution in [2.45, 2.75) is 32.7 Å². The van der Waals surface area contributed by atoms with Crippen LogP contribution in [0.2, 0.25) is 0 Å². The van der Waals surface area contributed by atoms with Gasteiger partial charge in [-0.25, -0.2) is 0 Å². The first-order valence-electron chi connectivity index (χ1n) is 4.59. The Morgan fingerprint density at radius 3 is 2.46 bits per heavy atom. The summed E-state index contributed by atoms with van der Waals surface area (Å²) in [4.78, 5) is 23.8. The Balaban J connectivity index is 2.63. The predicted octanol–water partition coefficient (Wildman–Crippen LogP) is 0.119. The largest absolute Gasteiger partial charge is 0.369 e. The van der Waals surface area contributed by atoms with Crippen LogP contribution in [0.3, 0.4) is 0 Å². The molecule has 1 heterocycles. The van der Waals surface area contributed by atoms with Crippen molar-refractivity contribution in [2.75, 3.05) is 6.54 Å². The quantitative estimate of drug-likeness (QED) is 0.629. The minimum atomic E-state index is -0.293. The third kappa shape index (κ3) is 2.20. The van der Waals surface area contributed by atoms with Crippen molar-refractivity contribution >= 4 is 11.8 Å². The molecule has 1 aliphatic rings. The molecule has 2 N–H and O–H groups in total. The third-order valence-corrected chi connectivity index (χ3v) is 2.69. The first-order chi connectivity index (χ1) is 6.02. The predicted molar refractivity (Wildman–Crippen MR) is 48.8 cm³/mol. The second-order valence-corrected chi connectivity index (χ2v) is 3.70. The van der Waals surface area contributed by atoms with Crippen molar-refractivity contribution in [3.05, 3.63) is 0 Å². The SMILES string of the molecule is CC(=O)N1CC(C(N)=O)CCC1C. The second-order valence-electron chi connectivity index (χ2n) is 3.70. The molecule has 4 nitrogen and oxygen atoms in total. The number of nitrogens with two attached hydrogens (primary N) is 1. The molecule has 13 heavy (non-hydrogen) atoms. The van der Waals surface area contributed by atoms with Gasteiger partial charge < -0.3 is 10.6 Å². The number of primary amides is 1. The van der Waals surface area contributed by atoms with E-state index in [0.717, 1.165) is 12.8 Å². The number of amides is 2. The molecule has 1 fully saturated rings. The van der Waals surface area contributed by atoms with E-state index >= 15 is 0 Å². The summed E-state index contributed by atoms with van der Waals surface area (Å²) in [5.41, 5.74) is 5.20. The highest BCUT2D eigenvalue weighted by Crippen LogP contribution is 2.21. The monoisotopic (exact) mass is 184 g/mol. The van der Waals surface area contributed by atoms with Crippen LogP contribution in [-0.4, -0.2) is 29.3 Å². The zero-order chi connectivity index (χ0) is 10.0. The molecule has 1 saturated heterocycles. The zero-order valence-corrected chi connectivity index (χ0v) is 8.12. The Kier molecular flexibility index (Phi) is 2.90. The lowest BCUT2D eigenvalue weighted by molar-refractivity contribution is -0.135. The van der Waals surface area contributed by atoms with Gasteiger partial charge in [-0.2, -0.15) is 0 Å². The molecule has 0 saturated carbocycles. The van der Waals surface area contributed by atoms with E-state index in [2.05, 4.69) is 0 Å². The summed E-state index contributed by atoms with van der Waals surface area (Å²) in [7, 11) is 0. The van der Waals surface area contributed by atoms with Crippen molar-refractivity contribution in [3.63, 3.8) is 0 Å². The summed E-state index contributed by atoms with van der Waals surface area (Å²) in [5, 5.41) is 0. The first kappa shape index (κ1) is 10.0. The fraction of sp³-hybridized carbons (Fsp3) is 0.778. The number of nitrogens with zero attached hydrogens (tertiary/aromatic N) is 1. The average Bonchev–Trinajstić information content (AvgIpc) is 2.04. The highest BCUT2D eigenvalue weighted by Gasteiger charge is 2.29. The number of piperidine rings is 1. The van der Waals surface area contributed by atoms with Crippen molar-refractivity contribution in [1.82, 2.24) is 4.90 Å². The summed E-state index contributed by atoms with van der Waals surface area (Å²) in [6.07, 6.45) is 1.67. The molecule has 74 valence electrons. The van der Waals surface area contributed by atoms with E-state index in [1.807, 2.05) is 6.92 Å². The molecule has 0 spiro atoms. The standard InChI is InChI=1S/C9H16N2O2/c1-6-3-4-8(9(10)13)5-11(6)7(2)12/h6,8H,3-5H2,1-2H3,(H2,10,13). The van der Waals surface area contributed by atoms with Gasteiger partial charge in [0.25, 0.3) is 0 Å². The Bertz CT molecular complexity index is 228. The minimum Gasteiger partial charge on any atom is -0.369 e. The molecule has 0 aromatic heterocycles. The van der Waals surface area contributed by atoms with Crippen molar-refractivity contribution in [3.8, 4) is 0 Å². The van der Waals surface area contributed by atoms with Crippen molar-refractivity contribution in [2.24, 2.45) is 11.7 Å². The average molecular weight is 184 g/mol. The van der Waals surface area contributed by atoms with Gasteiger partial charge in [0.1, 0.15) is 0 Å². The van der Waals surface area contributed by atoms with E-state index in [-0.39, 0.29) is 23.8 Å². The Morgan fingerprint density at radius 2 is 2.00 bits per heavy atom. The molecule has 2 unspecified atom stereocenters. The van der Waals surface area contributed by atoms with Gasteiger partial charge in [0.15, 0.2) is 0 Å². The van der Waals surface area contributed by atoms with Gasteiger partial charge in [-0.15, -0.1) is 0 Å². The van der Waals surface area contributed by atoms with Crippen LogP contribution in [0.1, 0.15) is 26.7 Å². The number of rotatable bonds is 1. The summed E-state index contributed by atoms with van der Waals surface area (Å²) in [5.74, 6) is -0.420. The molecule has 0 aliphatic carbocycles. The van der Waals surface area contributed by atoms with Crippen LogP contribution < -0.4 is 5.73 Å². The van der Waals surface area contributed by atoms with E-state index in [4.69, 9.17) is 5.73 Å². The van der Waals surface area contributed by atoms with Gasteiger partial charge in [0, 0.05) is 19.5 Å². The number of carbonyl (C=O) groups is 2. The fourth-order valence-corrected chi connectivity index (χ4v) is 1.78. The topological polar surface area (TPSA) is 63.4 Å². The van der Waals surface area contributed by atoms with Crippen LogP contribution in [0.25, 0.3) is 0 Å². The maximum absolute atomic E-state index is 11.2. The first-order valence-corrected chi connectivity index (χ1v) is 4.59. The van der Waals surface area contributed by atoms with Gasteiger partial charge in [0.2, 0.25) is 11.8 Å².